The molecule has 32 heavy (non-hydrogen) atoms. The number of anilines is 2. The van der Waals surface area contributed by atoms with Crippen LogP contribution in [0.5, 0.6) is 0 Å². The van der Waals surface area contributed by atoms with Gasteiger partial charge < -0.3 is 0 Å². The number of fused-ring (bicyclic) bond motifs is 1. The Morgan fingerprint density at radius 3 is 2.34 bits per heavy atom. The van der Waals surface area contributed by atoms with Crippen LogP contribution in [0.1, 0.15) is 23.1 Å². The molecule has 8 heteroatoms. The Bertz CT molecular complexity index is 1300. The molecule has 3 aromatic rings. The van der Waals surface area contributed by atoms with Crippen LogP contribution >= 0.6 is 0 Å². The molecule has 0 aliphatic carbocycles. The lowest BCUT2D eigenvalue weighted by molar-refractivity contribution is 0.586. The number of rotatable bonds is 7. The summed E-state index contributed by atoms with van der Waals surface area (Å²) in [6.07, 6.45) is 1.85. The molecule has 0 fully saturated rings. The highest BCUT2D eigenvalue weighted by molar-refractivity contribution is 7.93. The molecule has 0 unspecified atom stereocenters. The zero-order valence-corrected chi connectivity index (χ0v) is 19.5. The Morgan fingerprint density at radius 2 is 1.62 bits per heavy atom. The molecule has 1 N–H and O–H groups in total. The summed E-state index contributed by atoms with van der Waals surface area (Å²) in [6, 6.07) is 21.3. The highest BCUT2D eigenvalue weighted by Gasteiger charge is 2.29. The first kappa shape index (κ1) is 22.4. The minimum Gasteiger partial charge on any atom is -0.283 e. The van der Waals surface area contributed by atoms with Crippen molar-refractivity contribution in [1.82, 2.24) is 0 Å². The van der Waals surface area contributed by atoms with Crippen LogP contribution in [-0.2, 0) is 32.9 Å². The molecule has 3 aromatic carbocycles. The molecule has 0 aromatic heterocycles. The molecule has 4 rings (SSSR count). The Labute approximate surface area is 190 Å². The molecule has 1 aliphatic heterocycles. The maximum absolute atomic E-state index is 13.3. The van der Waals surface area contributed by atoms with Crippen LogP contribution in [0.15, 0.2) is 77.7 Å². The van der Waals surface area contributed by atoms with Gasteiger partial charge in [0.05, 0.1) is 22.0 Å². The summed E-state index contributed by atoms with van der Waals surface area (Å²) in [5.41, 5.74) is 3.70. The number of aryl methyl sites for hydroxylation is 3. The minimum atomic E-state index is -3.74. The van der Waals surface area contributed by atoms with E-state index in [0.717, 1.165) is 23.1 Å². The van der Waals surface area contributed by atoms with Crippen LogP contribution in [0, 0.1) is 6.92 Å². The lowest BCUT2D eigenvalue weighted by Crippen LogP contribution is -2.35. The number of nitrogens with one attached hydrogen (secondary N) is 1. The Morgan fingerprint density at radius 1 is 0.906 bits per heavy atom. The molecule has 0 amide bonds. The largest absolute Gasteiger partial charge is 0.283 e. The predicted octanol–water partition coefficient (Wildman–Crippen LogP) is 4.12. The summed E-state index contributed by atoms with van der Waals surface area (Å²) in [5, 5.41) is 0. The van der Waals surface area contributed by atoms with Gasteiger partial charge in [0.15, 0.2) is 0 Å². The van der Waals surface area contributed by atoms with Crippen LogP contribution in [0.3, 0.4) is 0 Å². The monoisotopic (exact) mass is 470 g/mol. The van der Waals surface area contributed by atoms with E-state index in [-0.39, 0.29) is 10.6 Å². The quantitative estimate of drug-likeness (QED) is 0.563. The topological polar surface area (TPSA) is 83.6 Å². The van der Waals surface area contributed by atoms with E-state index in [4.69, 9.17) is 0 Å². The third-order valence-corrected chi connectivity index (χ3v) is 8.66. The first-order valence-electron chi connectivity index (χ1n) is 10.5. The molecule has 0 bridgehead atoms. The third-order valence-electron chi connectivity index (χ3n) is 5.55. The molecule has 6 nitrogen and oxygen atoms in total. The van der Waals surface area contributed by atoms with Crippen LogP contribution in [0.2, 0.25) is 0 Å². The van der Waals surface area contributed by atoms with Gasteiger partial charge in [-0.3, -0.25) is 9.03 Å². The van der Waals surface area contributed by atoms with Crippen molar-refractivity contribution in [3.63, 3.8) is 0 Å². The van der Waals surface area contributed by atoms with E-state index < -0.39 is 20.0 Å². The average molecular weight is 471 g/mol. The third kappa shape index (κ3) is 4.97. The summed E-state index contributed by atoms with van der Waals surface area (Å²) in [7, 11) is -7.33. The molecule has 0 saturated carbocycles. The van der Waals surface area contributed by atoms with Crippen molar-refractivity contribution in [3.8, 4) is 0 Å². The smallest absolute Gasteiger partial charge is 0.264 e. The number of benzene rings is 3. The van der Waals surface area contributed by atoms with E-state index in [0.29, 0.717) is 30.8 Å². The highest BCUT2D eigenvalue weighted by atomic mass is 32.2. The van der Waals surface area contributed by atoms with Gasteiger partial charge in [0.1, 0.15) is 0 Å². The minimum absolute atomic E-state index is 0.0561. The Hall–Kier alpha value is -2.84. The Balaban J connectivity index is 1.58. The SMILES string of the molecule is Cc1ccc(S(=O)(=O)N2CCCc3ccc(NS(=O)(=O)CCc4ccccc4)cc32)cc1. The molecule has 1 heterocycles. The van der Waals surface area contributed by atoms with E-state index in [1.54, 1.807) is 42.5 Å². The van der Waals surface area contributed by atoms with Gasteiger partial charge in [-0.25, -0.2) is 16.8 Å². The van der Waals surface area contributed by atoms with E-state index in [1.165, 1.54) is 4.31 Å². The van der Waals surface area contributed by atoms with Gasteiger partial charge >= 0.3 is 0 Å². The molecule has 0 spiro atoms. The van der Waals surface area contributed by atoms with Crippen LogP contribution < -0.4 is 9.03 Å². The van der Waals surface area contributed by atoms with E-state index in [1.807, 2.05) is 37.3 Å². The maximum atomic E-state index is 13.3. The second-order valence-corrected chi connectivity index (χ2v) is 11.7. The molecular formula is C24H26N2O4S2. The van der Waals surface area contributed by atoms with E-state index in [9.17, 15) is 16.8 Å². The fourth-order valence-electron chi connectivity index (χ4n) is 3.82. The normalized spacial score (nSPS) is 14.1. The van der Waals surface area contributed by atoms with Gasteiger partial charge in [0, 0.05) is 6.54 Å². The molecule has 168 valence electrons. The van der Waals surface area contributed by atoms with Crippen molar-refractivity contribution in [2.24, 2.45) is 0 Å². The summed E-state index contributed by atoms with van der Waals surface area (Å²) in [5.74, 6) is -0.0561. The van der Waals surface area contributed by atoms with Crippen molar-refractivity contribution >= 4 is 31.4 Å². The number of hydrogen-bond donors (Lipinski definition) is 1. The van der Waals surface area contributed by atoms with Gasteiger partial charge in [-0.1, -0.05) is 54.1 Å². The van der Waals surface area contributed by atoms with Crippen molar-refractivity contribution in [2.75, 3.05) is 21.3 Å². The molecular weight excluding hydrogens is 444 g/mol. The summed E-state index contributed by atoms with van der Waals surface area (Å²) >= 11 is 0. The summed E-state index contributed by atoms with van der Waals surface area (Å²) in [6.45, 7) is 2.26. The zero-order chi connectivity index (χ0) is 22.8. The van der Waals surface area contributed by atoms with Crippen LogP contribution in [-0.4, -0.2) is 29.1 Å². The second-order valence-electron chi connectivity index (χ2n) is 7.99. The molecule has 0 radical (unpaired) electrons. The number of hydrogen-bond acceptors (Lipinski definition) is 4. The van der Waals surface area contributed by atoms with Crippen molar-refractivity contribution in [1.29, 1.82) is 0 Å². The Kier molecular flexibility index (Phi) is 6.26. The number of sulfonamides is 2. The summed E-state index contributed by atoms with van der Waals surface area (Å²) in [4.78, 5) is 0.227. The van der Waals surface area contributed by atoms with Gasteiger partial charge in [-0.2, -0.15) is 0 Å². The molecule has 0 atom stereocenters. The number of nitrogens with zero attached hydrogens (tertiary/aromatic N) is 1. The van der Waals surface area contributed by atoms with Crippen molar-refractivity contribution in [3.05, 3.63) is 89.5 Å². The fraction of sp³-hybridized carbons (Fsp3) is 0.250. The fourth-order valence-corrected chi connectivity index (χ4v) is 6.44. The van der Waals surface area contributed by atoms with Gasteiger partial charge in [0.2, 0.25) is 10.0 Å². The summed E-state index contributed by atoms with van der Waals surface area (Å²) < 4.78 is 55.9. The highest BCUT2D eigenvalue weighted by Crippen LogP contribution is 2.34. The van der Waals surface area contributed by atoms with Gasteiger partial charge in [-0.05, 0) is 61.6 Å². The lowest BCUT2D eigenvalue weighted by atomic mass is 10.0. The standard InChI is InChI=1S/C24H26N2O4S2/c1-19-9-13-23(14-10-19)32(29,30)26-16-5-8-21-11-12-22(18-24(21)26)25-31(27,28)17-15-20-6-3-2-4-7-20/h2-4,6-7,9-14,18,25H,5,8,15-17H2,1H3. The van der Waals surface area contributed by atoms with Crippen LogP contribution in [0.4, 0.5) is 11.4 Å². The van der Waals surface area contributed by atoms with Crippen molar-refractivity contribution in [2.45, 2.75) is 31.1 Å². The molecule has 1 aliphatic rings. The average Bonchev–Trinajstić information content (AvgIpc) is 2.78. The van der Waals surface area contributed by atoms with Crippen LogP contribution in [0.25, 0.3) is 0 Å². The van der Waals surface area contributed by atoms with E-state index >= 15 is 0 Å². The second kappa shape index (κ2) is 8.96. The van der Waals surface area contributed by atoms with Gasteiger partial charge in [0.25, 0.3) is 10.0 Å². The zero-order valence-electron chi connectivity index (χ0n) is 17.9. The predicted molar refractivity (Wildman–Crippen MR) is 128 cm³/mol. The maximum Gasteiger partial charge on any atom is 0.264 e. The van der Waals surface area contributed by atoms with Crippen molar-refractivity contribution < 1.29 is 16.8 Å². The van der Waals surface area contributed by atoms with E-state index in [2.05, 4.69) is 4.72 Å². The lowest BCUT2D eigenvalue weighted by Gasteiger charge is -2.31. The van der Waals surface area contributed by atoms with Gasteiger partial charge in [-0.15, -0.1) is 0 Å². The first-order chi connectivity index (χ1) is 15.2. The first-order valence-corrected chi connectivity index (χ1v) is 13.6. The molecule has 0 saturated heterocycles.